The van der Waals surface area contributed by atoms with E-state index in [4.69, 9.17) is 15.6 Å². The standard InChI is InChI=1S/C10H11NO4/c1-2-15-8-5-6(9(11)12)3-4-7(8)10(13)14/h3-5H,2H2,1H3,(H2,11,12)(H,13,14). The topological polar surface area (TPSA) is 89.6 Å². The minimum absolute atomic E-state index is 0.0156. The van der Waals surface area contributed by atoms with Gasteiger partial charge in [-0.05, 0) is 25.1 Å². The van der Waals surface area contributed by atoms with Crippen molar-refractivity contribution in [3.8, 4) is 5.75 Å². The molecule has 0 fully saturated rings. The summed E-state index contributed by atoms with van der Waals surface area (Å²) >= 11 is 0. The molecular formula is C10H11NO4. The van der Waals surface area contributed by atoms with Crippen molar-refractivity contribution < 1.29 is 19.4 Å². The summed E-state index contributed by atoms with van der Waals surface area (Å²) in [7, 11) is 0. The highest BCUT2D eigenvalue weighted by Crippen LogP contribution is 2.20. The SMILES string of the molecule is CCOc1cc(C(N)=O)ccc1C(=O)O. The highest BCUT2D eigenvalue weighted by molar-refractivity contribution is 5.96. The zero-order valence-electron chi connectivity index (χ0n) is 8.19. The Balaban J connectivity index is 3.20. The summed E-state index contributed by atoms with van der Waals surface area (Å²) in [6.45, 7) is 2.05. The van der Waals surface area contributed by atoms with Gasteiger partial charge in [-0.15, -0.1) is 0 Å². The molecule has 0 atom stereocenters. The Morgan fingerprint density at radius 3 is 2.60 bits per heavy atom. The predicted octanol–water partition coefficient (Wildman–Crippen LogP) is 0.882. The Bertz CT molecular complexity index is 400. The summed E-state index contributed by atoms with van der Waals surface area (Å²) in [6.07, 6.45) is 0. The molecule has 0 aliphatic rings. The van der Waals surface area contributed by atoms with Crippen molar-refractivity contribution in [1.82, 2.24) is 0 Å². The molecule has 1 rings (SSSR count). The maximum Gasteiger partial charge on any atom is 0.339 e. The predicted molar refractivity (Wildman–Crippen MR) is 53.1 cm³/mol. The average Bonchev–Trinajstić information content (AvgIpc) is 2.17. The zero-order chi connectivity index (χ0) is 11.4. The van der Waals surface area contributed by atoms with Crippen LogP contribution >= 0.6 is 0 Å². The maximum atomic E-state index is 10.9. The van der Waals surface area contributed by atoms with Crippen molar-refractivity contribution in [2.75, 3.05) is 6.61 Å². The van der Waals surface area contributed by atoms with Crippen molar-refractivity contribution in [2.24, 2.45) is 5.73 Å². The van der Waals surface area contributed by atoms with Gasteiger partial charge in [-0.25, -0.2) is 4.79 Å². The summed E-state index contributed by atoms with van der Waals surface area (Å²) < 4.78 is 5.10. The summed E-state index contributed by atoms with van der Waals surface area (Å²) in [5.74, 6) is -1.57. The molecule has 5 heteroatoms. The van der Waals surface area contributed by atoms with Crippen LogP contribution in [0.1, 0.15) is 27.6 Å². The number of benzene rings is 1. The molecule has 0 bridgehead atoms. The molecule has 80 valence electrons. The molecule has 0 aliphatic carbocycles. The number of rotatable bonds is 4. The number of carbonyl (C=O) groups excluding carboxylic acids is 1. The molecule has 0 unspecified atom stereocenters. The summed E-state index contributed by atoms with van der Waals surface area (Å²) in [4.78, 5) is 21.6. The van der Waals surface area contributed by atoms with E-state index in [1.165, 1.54) is 18.2 Å². The van der Waals surface area contributed by atoms with Crippen LogP contribution in [0.25, 0.3) is 0 Å². The van der Waals surface area contributed by atoms with Gasteiger partial charge in [-0.1, -0.05) is 0 Å². The molecule has 15 heavy (non-hydrogen) atoms. The van der Waals surface area contributed by atoms with E-state index in [2.05, 4.69) is 0 Å². The van der Waals surface area contributed by atoms with Gasteiger partial charge in [0.25, 0.3) is 0 Å². The van der Waals surface area contributed by atoms with E-state index in [0.29, 0.717) is 6.61 Å². The lowest BCUT2D eigenvalue weighted by Gasteiger charge is -2.07. The number of ether oxygens (including phenoxy) is 1. The van der Waals surface area contributed by atoms with E-state index in [9.17, 15) is 9.59 Å². The number of amides is 1. The van der Waals surface area contributed by atoms with Gasteiger partial charge in [0.05, 0.1) is 6.61 Å². The van der Waals surface area contributed by atoms with Gasteiger partial charge in [0.15, 0.2) is 0 Å². The van der Waals surface area contributed by atoms with Crippen molar-refractivity contribution in [1.29, 1.82) is 0 Å². The largest absolute Gasteiger partial charge is 0.493 e. The molecule has 1 amide bonds. The van der Waals surface area contributed by atoms with Crippen LogP contribution in [0.3, 0.4) is 0 Å². The molecule has 1 aromatic carbocycles. The number of primary amides is 1. The normalized spacial score (nSPS) is 9.67. The first-order chi connectivity index (χ1) is 7.06. The molecule has 0 spiro atoms. The first kappa shape index (κ1) is 11.0. The van der Waals surface area contributed by atoms with E-state index < -0.39 is 11.9 Å². The Morgan fingerprint density at radius 2 is 2.13 bits per heavy atom. The lowest BCUT2D eigenvalue weighted by molar-refractivity contribution is 0.0692. The number of carboxylic acid groups (broad SMARTS) is 1. The van der Waals surface area contributed by atoms with Gasteiger partial charge in [-0.3, -0.25) is 4.79 Å². The molecule has 5 nitrogen and oxygen atoms in total. The van der Waals surface area contributed by atoms with Crippen LogP contribution in [0.4, 0.5) is 0 Å². The second-order valence-corrected chi connectivity index (χ2v) is 2.81. The van der Waals surface area contributed by atoms with Crippen molar-refractivity contribution in [3.63, 3.8) is 0 Å². The highest BCUT2D eigenvalue weighted by atomic mass is 16.5. The third kappa shape index (κ3) is 2.46. The van der Waals surface area contributed by atoms with Gasteiger partial charge < -0.3 is 15.6 Å². The molecule has 1 aromatic rings. The number of carbonyl (C=O) groups is 2. The zero-order valence-corrected chi connectivity index (χ0v) is 8.19. The Kier molecular flexibility index (Phi) is 3.28. The fourth-order valence-electron chi connectivity index (χ4n) is 1.13. The second kappa shape index (κ2) is 4.45. The number of carboxylic acids is 1. The van der Waals surface area contributed by atoms with Crippen LogP contribution in [0.15, 0.2) is 18.2 Å². The van der Waals surface area contributed by atoms with E-state index in [0.717, 1.165) is 0 Å². The number of aromatic carboxylic acids is 1. The van der Waals surface area contributed by atoms with Crippen molar-refractivity contribution >= 4 is 11.9 Å². The molecule has 0 radical (unpaired) electrons. The molecular weight excluding hydrogens is 198 g/mol. The number of hydrogen-bond donors (Lipinski definition) is 2. The summed E-state index contributed by atoms with van der Waals surface area (Å²) in [5.41, 5.74) is 5.30. The monoisotopic (exact) mass is 209 g/mol. The van der Waals surface area contributed by atoms with Gasteiger partial charge >= 0.3 is 5.97 Å². The lowest BCUT2D eigenvalue weighted by atomic mass is 10.1. The van der Waals surface area contributed by atoms with Crippen LogP contribution in [-0.2, 0) is 0 Å². The van der Waals surface area contributed by atoms with Crippen LogP contribution in [0.5, 0.6) is 5.75 Å². The molecule has 0 aromatic heterocycles. The fourth-order valence-corrected chi connectivity index (χ4v) is 1.13. The van der Waals surface area contributed by atoms with E-state index in [1.807, 2.05) is 0 Å². The number of nitrogens with two attached hydrogens (primary N) is 1. The summed E-state index contributed by atoms with van der Waals surface area (Å²) in [6, 6.07) is 3.98. The molecule has 0 heterocycles. The maximum absolute atomic E-state index is 10.9. The molecule has 0 aliphatic heterocycles. The van der Waals surface area contributed by atoms with Gasteiger partial charge in [0.2, 0.25) is 5.91 Å². The van der Waals surface area contributed by atoms with Gasteiger partial charge in [0.1, 0.15) is 11.3 Å². The third-order valence-corrected chi connectivity index (χ3v) is 1.80. The summed E-state index contributed by atoms with van der Waals surface area (Å²) in [5, 5.41) is 8.83. The van der Waals surface area contributed by atoms with Gasteiger partial charge in [0, 0.05) is 5.56 Å². The highest BCUT2D eigenvalue weighted by Gasteiger charge is 2.13. The van der Waals surface area contributed by atoms with Crippen molar-refractivity contribution in [3.05, 3.63) is 29.3 Å². The number of hydrogen-bond acceptors (Lipinski definition) is 3. The van der Waals surface area contributed by atoms with Crippen molar-refractivity contribution in [2.45, 2.75) is 6.92 Å². The van der Waals surface area contributed by atoms with E-state index in [-0.39, 0.29) is 16.9 Å². The first-order valence-electron chi connectivity index (χ1n) is 4.36. The molecule has 0 saturated carbocycles. The molecule has 0 saturated heterocycles. The first-order valence-corrected chi connectivity index (χ1v) is 4.36. The molecule has 3 N–H and O–H groups in total. The Hall–Kier alpha value is -2.04. The van der Waals surface area contributed by atoms with Crippen LogP contribution < -0.4 is 10.5 Å². The minimum atomic E-state index is -1.10. The second-order valence-electron chi connectivity index (χ2n) is 2.81. The third-order valence-electron chi connectivity index (χ3n) is 1.80. The van der Waals surface area contributed by atoms with Gasteiger partial charge in [-0.2, -0.15) is 0 Å². The van der Waals surface area contributed by atoms with Crippen LogP contribution in [0.2, 0.25) is 0 Å². The lowest BCUT2D eigenvalue weighted by Crippen LogP contribution is -2.12. The van der Waals surface area contributed by atoms with Crippen LogP contribution in [0, 0.1) is 0 Å². The smallest absolute Gasteiger partial charge is 0.339 e. The fraction of sp³-hybridized carbons (Fsp3) is 0.200. The van der Waals surface area contributed by atoms with E-state index >= 15 is 0 Å². The Labute approximate surface area is 86.5 Å². The van der Waals surface area contributed by atoms with E-state index in [1.54, 1.807) is 6.92 Å². The average molecular weight is 209 g/mol. The van der Waals surface area contributed by atoms with Crippen LogP contribution in [-0.4, -0.2) is 23.6 Å². The Morgan fingerprint density at radius 1 is 1.47 bits per heavy atom. The minimum Gasteiger partial charge on any atom is -0.493 e. The quantitative estimate of drug-likeness (QED) is 0.770.